The summed E-state index contributed by atoms with van der Waals surface area (Å²) in [5, 5.41) is 0. The van der Waals surface area contributed by atoms with Crippen molar-refractivity contribution in [3.8, 4) is 16.9 Å². The molecule has 0 amide bonds. The molecule has 3 aromatic rings. The highest BCUT2D eigenvalue weighted by molar-refractivity contribution is 5.68. The Morgan fingerprint density at radius 3 is 2.11 bits per heavy atom. The zero-order valence-electron chi connectivity index (χ0n) is 20.7. The van der Waals surface area contributed by atoms with Gasteiger partial charge in [0.25, 0.3) is 0 Å². The van der Waals surface area contributed by atoms with E-state index >= 15 is 0 Å². The Morgan fingerprint density at radius 2 is 1.45 bits per heavy atom. The van der Waals surface area contributed by atoms with Gasteiger partial charge in [0.05, 0.1) is 13.2 Å². The Hall–Kier alpha value is -3.26. The number of aryl methyl sites for hydroxylation is 1. The number of halogens is 6. The molecule has 1 aliphatic heterocycles. The van der Waals surface area contributed by atoms with Gasteiger partial charge in [-0.3, -0.25) is 0 Å². The van der Waals surface area contributed by atoms with Crippen molar-refractivity contribution in [2.24, 2.45) is 5.92 Å². The highest BCUT2D eigenvalue weighted by atomic mass is 19.2. The lowest BCUT2D eigenvalue weighted by atomic mass is 9.86. The van der Waals surface area contributed by atoms with Crippen molar-refractivity contribution in [1.29, 1.82) is 0 Å². The smallest absolute Gasteiger partial charge is 0.201 e. The van der Waals surface area contributed by atoms with Crippen molar-refractivity contribution >= 4 is 5.57 Å². The van der Waals surface area contributed by atoms with E-state index in [1.165, 1.54) is 18.2 Å². The summed E-state index contributed by atoms with van der Waals surface area (Å²) in [5.41, 5.74) is 0.528. The van der Waals surface area contributed by atoms with Crippen LogP contribution in [-0.4, -0.2) is 13.2 Å². The molecule has 38 heavy (non-hydrogen) atoms. The van der Waals surface area contributed by atoms with Gasteiger partial charge in [-0.2, -0.15) is 4.39 Å². The average Bonchev–Trinajstić information content (AvgIpc) is 3.76. The molecule has 1 fully saturated rings. The van der Waals surface area contributed by atoms with Crippen LogP contribution in [0.5, 0.6) is 5.75 Å². The van der Waals surface area contributed by atoms with E-state index in [1.54, 1.807) is 12.1 Å². The van der Waals surface area contributed by atoms with Gasteiger partial charge in [0.15, 0.2) is 34.8 Å². The van der Waals surface area contributed by atoms with Gasteiger partial charge in [-0.05, 0) is 54.9 Å². The first kappa shape index (κ1) is 26.4. The van der Waals surface area contributed by atoms with Gasteiger partial charge in [0, 0.05) is 22.3 Å². The molecule has 1 aliphatic carbocycles. The van der Waals surface area contributed by atoms with Crippen molar-refractivity contribution in [3.63, 3.8) is 0 Å². The fourth-order valence-corrected chi connectivity index (χ4v) is 4.89. The van der Waals surface area contributed by atoms with Crippen LogP contribution in [0.2, 0.25) is 0 Å². The van der Waals surface area contributed by atoms with Crippen LogP contribution in [0.1, 0.15) is 55.4 Å². The highest BCUT2D eigenvalue weighted by Gasteiger charge is 2.31. The van der Waals surface area contributed by atoms with Gasteiger partial charge >= 0.3 is 0 Å². The third kappa shape index (κ3) is 5.06. The van der Waals surface area contributed by atoms with Gasteiger partial charge in [0.1, 0.15) is 6.10 Å². The molecule has 0 spiro atoms. The summed E-state index contributed by atoms with van der Waals surface area (Å²) < 4.78 is 98.0. The zero-order chi connectivity index (χ0) is 27.0. The van der Waals surface area contributed by atoms with E-state index in [-0.39, 0.29) is 36.0 Å². The number of benzene rings is 3. The van der Waals surface area contributed by atoms with Gasteiger partial charge in [-0.15, -0.1) is 0 Å². The minimum Gasteiger partial charge on any atom is -0.490 e. The number of allylic oxidation sites excluding steroid dienone is 2. The van der Waals surface area contributed by atoms with Crippen molar-refractivity contribution in [1.82, 2.24) is 0 Å². The Kier molecular flexibility index (Phi) is 7.52. The lowest BCUT2D eigenvalue weighted by Crippen LogP contribution is -2.16. The van der Waals surface area contributed by atoms with Crippen molar-refractivity contribution in [3.05, 3.63) is 94.1 Å². The molecule has 5 rings (SSSR count). The van der Waals surface area contributed by atoms with Crippen molar-refractivity contribution < 1.29 is 35.8 Å². The molecule has 2 atom stereocenters. The minimum absolute atomic E-state index is 0.0400. The maximum absolute atomic E-state index is 14.8. The summed E-state index contributed by atoms with van der Waals surface area (Å²) >= 11 is 0. The third-order valence-electron chi connectivity index (χ3n) is 7.15. The number of hydrogen-bond acceptors (Lipinski definition) is 2. The van der Waals surface area contributed by atoms with Crippen molar-refractivity contribution in [2.45, 2.75) is 45.1 Å². The molecule has 2 nitrogen and oxygen atoms in total. The maximum atomic E-state index is 14.8. The van der Waals surface area contributed by atoms with Crippen LogP contribution in [0, 0.1) is 40.8 Å². The first-order chi connectivity index (χ1) is 18.3. The number of ether oxygens (including phenoxy) is 2. The predicted octanol–water partition coefficient (Wildman–Crippen LogP) is 8.47. The van der Waals surface area contributed by atoms with Crippen LogP contribution < -0.4 is 4.74 Å². The molecular formula is C30H26F6O2. The molecule has 2 aliphatic rings. The molecule has 0 aromatic heterocycles. The lowest BCUT2D eigenvalue weighted by molar-refractivity contribution is 0.228. The molecule has 3 aromatic carbocycles. The number of epoxide rings is 1. The summed E-state index contributed by atoms with van der Waals surface area (Å²) in [6, 6.07) is 8.06. The molecule has 0 N–H and O–H groups in total. The molecular weight excluding hydrogens is 506 g/mol. The van der Waals surface area contributed by atoms with E-state index in [0.717, 1.165) is 6.07 Å². The minimum atomic E-state index is -1.34. The van der Waals surface area contributed by atoms with Gasteiger partial charge in [-0.1, -0.05) is 43.7 Å². The van der Waals surface area contributed by atoms with Crippen LogP contribution in [0.3, 0.4) is 0 Å². The van der Waals surface area contributed by atoms with Crippen LogP contribution in [0.25, 0.3) is 16.7 Å². The topological polar surface area (TPSA) is 21.8 Å². The second kappa shape index (κ2) is 10.8. The van der Waals surface area contributed by atoms with Crippen molar-refractivity contribution in [2.75, 3.05) is 13.2 Å². The van der Waals surface area contributed by atoms with E-state index in [1.807, 2.05) is 13.0 Å². The normalized spacial score (nSPS) is 18.9. The Labute approximate surface area is 216 Å². The summed E-state index contributed by atoms with van der Waals surface area (Å²) in [6.07, 6.45) is 4.06. The zero-order valence-corrected chi connectivity index (χ0v) is 20.7. The quantitative estimate of drug-likeness (QED) is 0.214. The monoisotopic (exact) mass is 532 g/mol. The van der Waals surface area contributed by atoms with Crippen LogP contribution in [0.15, 0.2) is 42.5 Å². The Balaban J connectivity index is 1.26. The Bertz CT molecular complexity index is 1400. The number of rotatable bonds is 8. The fraction of sp³-hybridized carbons (Fsp3) is 0.333. The van der Waals surface area contributed by atoms with Crippen LogP contribution >= 0.6 is 0 Å². The molecule has 0 saturated carbocycles. The molecule has 0 radical (unpaired) electrons. The maximum Gasteiger partial charge on any atom is 0.201 e. The average molecular weight is 533 g/mol. The summed E-state index contributed by atoms with van der Waals surface area (Å²) in [6.45, 7) is 2.26. The van der Waals surface area contributed by atoms with E-state index < -0.39 is 52.1 Å². The molecule has 200 valence electrons. The SMILES string of the molecule is CCCc1ccc(C2=CCC(COc3ccc(-c4ccc(C5CO5)c(F)c4F)c(F)c3F)CC2)c(F)c1F. The third-order valence-corrected chi connectivity index (χ3v) is 7.15. The highest BCUT2D eigenvalue weighted by Crippen LogP contribution is 2.38. The molecule has 1 heterocycles. The molecule has 0 bridgehead atoms. The van der Waals surface area contributed by atoms with E-state index in [4.69, 9.17) is 9.47 Å². The van der Waals surface area contributed by atoms with Gasteiger partial charge in [-0.25, -0.2) is 22.0 Å². The largest absolute Gasteiger partial charge is 0.490 e. The fourth-order valence-electron chi connectivity index (χ4n) is 4.89. The molecule has 2 unspecified atom stereocenters. The van der Waals surface area contributed by atoms with E-state index in [0.29, 0.717) is 43.2 Å². The standard InChI is InChI=1S/C30H26F6O2/c1-2-3-18-8-9-19(26(32)25(18)31)17-6-4-16(5-7-17)14-37-23-13-12-21(28(34)30(23)36)20-10-11-22(24-15-38-24)29(35)27(20)33/h6,8-13,16,24H,2-5,7,14-15H2,1H3. The summed E-state index contributed by atoms with van der Waals surface area (Å²) in [4.78, 5) is 0. The second-order valence-electron chi connectivity index (χ2n) is 9.72. The summed E-state index contributed by atoms with van der Waals surface area (Å²) in [7, 11) is 0. The molecule has 1 saturated heterocycles. The first-order valence-corrected chi connectivity index (χ1v) is 12.7. The first-order valence-electron chi connectivity index (χ1n) is 12.7. The van der Waals surface area contributed by atoms with Gasteiger partial charge < -0.3 is 9.47 Å². The Morgan fingerprint density at radius 1 is 0.789 bits per heavy atom. The van der Waals surface area contributed by atoms with Gasteiger partial charge in [0.2, 0.25) is 5.82 Å². The number of hydrogen-bond donors (Lipinski definition) is 0. The molecule has 8 heteroatoms. The van der Waals surface area contributed by atoms with Crippen LogP contribution in [-0.2, 0) is 11.2 Å². The van der Waals surface area contributed by atoms with E-state index in [2.05, 4.69) is 0 Å². The second-order valence-corrected chi connectivity index (χ2v) is 9.72. The van der Waals surface area contributed by atoms with E-state index in [9.17, 15) is 26.3 Å². The lowest BCUT2D eigenvalue weighted by Gasteiger charge is -2.23. The van der Waals surface area contributed by atoms with Crippen LogP contribution in [0.4, 0.5) is 26.3 Å². The predicted molar refractivity (Wildman–Crippen MR) is 132 cm³/mol. The summed E-state index contributed by atoms with van der Waals surface area (Å²) in [5.74, 6) is -7.10.